The minimum absolute atomic E-state index is 0.346. The van der Waals surface area contributed by atoms with Crippen LogP contribution in [0.5, 0.6) is 0 Å². The Morgan fingerprint density at radius 1 is 1.30 bits per heavy atom. The lowest BCUT2D eigenvalue weighted by Crippen LogP contribution is -2.37. The van der Waals surface area contributed by atoms with E-state index in [1.165, 1.54) is 0 Å². The fourth-order valence-corrected chi connectivity index (χ4v) is 3.99. The normalized spacial score (nSPS) is 18.1. The van der Waals surface area contributed by atoms with Gasteiger partial charge in [0.25, 0.3) is 0 Å². The number of sulfonamides is 1. The Morgan fingerprint density at radius 2 is 1.85 bits per heavy atom. The van der Waals surface area contributed by atoms with Crippen LogP contribution in [0.4, 0.5) is 0 Å². The van der Waals surface area contributed by atoms with Gasteiger partial charge in [0, 0.05) is 19.5 Å². The van der Waals surface area contributed by atoms with Crippen LogP contribution in [0, 0.1) is 5.92 Å². The topological polar surface area (TPSA) is 63.4 Å². The van der Waals surface area contributed by atoms with Crippen molar-refractivity contribution < 1.29 is 8.42 Å². The average molecular weight is 312 g/mol. The largest absolute Gasteiger partial charge is 0.393 e. The van der Waals surface area contributed by atoms with Crippen molar-refractivity contribution in [3.63, 3.8) is 0 Å². The highest BCUT2D eigenvalue weighted by Crippen LogP contribution is 2.23. The molecule has 0 spiro atoms. The number of benzene rings is 1. The highest BCUT2D eigenvalue weighted by molar-refractivity contribution is 7.89. The van der Waals surface area contributed by atoms with E-state index in [0.29, 0.717) is 35.3 Å². The summed E-state index contributed by atoms with van der Waals surface area (Å²) in [5.74, 6) is 0.606. The Labute approximate surface area is 126 Å². The molecule has 0 saturated carbocycles. The lowest BCUT2D eigenvalue weighted by atomic mass is 10.0. The Morgan fingerprint density at radius 3 is 2.35 bits per heavy atom. The Hall–Kier alpha value is -0.980. The number of hydrogen-bond acceptors (Lipinski definition) is 3. The molecule has 0 aliphatic carbocycles. The van der Waals surface area contributed by atoms with Crippen LogP contribution in [0.1, 0.15) is 25.3 Å². The van der Waals surface area contributed by atoms with E-state index in [4.69, 9.17) is 18.0 Å². The molecule has 2 rings (SSSR count). The molecule has 0 radical (unpaired) electrons. The second-order valence-corrected chi connectivity index (χ2v) is 7.84. The third kappa shape index (κ3) is 3.56. The molecule has 2 N–H and O–H groups in total. The second kappa shape index (κ2) is 6.20. The molecule has 1 aromatic rings. The summed E-state index contributed by atoms with van der Waals surface area (Å²) in [6, 6.07) is 6.83. The fraction of sp³-hybridized carbons (Fsp3) is 0.500. The maximum atomic E-state index is 12.5. The molecule has 0 bridgehead atoms. The molecular formula is C14H20N2O2S2. The maximum absolute atomic E-state index is 12.5. The van der Waals surface area contributed by atoms with Crippen LogP contribution in [-0.2, 0) is 16.4 Å². The molecule has 0 aromatic heterocycles. The molecule has 1 fully saturated rings. The summed E-state index contributed by atoms with van der Waals surface area (Å²) in [5.41, 5.74) is 6.42. The molecule has 4 nitrogen and oxygen atoms in total. The van der Waals surface area contributed by atoms with E-state index in [0.717, 1.165) is 18.4 Å². The molecule has 6 heteroatoms. The first-order chi connectivity index (χ1) is 9.39. The zero-order valence-corrected chi connectivity index (χ0v) is 13.2. The molecule has 0 unspecified atom stereocenters. The van der Waals surface area contributed by atoms with Crippen molar-refractivity contribution in [3.05, 3.63) is 29.8 Å². The van der Waals surface area contributed by atoms with Gasteiger partial charge in [-0.05, 0) is 36.5 Å². The van der Waals surface area contributed by atoms with Gasteiger partial charge in [-0.25, -0.2) is 8.42 Å². The Bertz CT molecular complexity index is 574. The van der Waals surface area contributed by atoms with Crippen molar-refractivity contribution in [3.8, 4) is 0 Å². The minimum atomic E-state index is -3.36. The van der Waals surface area contributed by atoms with Crippen molar-refractivity contribution in [2.24, 2.45) is 11.7 Å². The number of thiocarbonyl (C=S) groups is 1. The van der Waals surface area contributed by atoms with Crippen LogP contribution in [-0.4, -0.2) is 30.8 Å². The SMILES string of the molecule is CC1CCN(S(=O)(=O)c2ccc(CC(N)=S)cc2)CC1. The Balaban J connectivity index is 2.15. The monoisotopic (exact) mass is 312 g/mol. The van der Waals surface area contributed by atoms with Crippen LogP contribution < -0.4 is 5.73 Å². The summed E-state index contributed by atoms with van der Waals surface area (Å²) in [6.07, 6.45) is 2.36. The van der Waals surface area contributed by atoms with Crippen LogP contribution in [0.15, 0.2) is 29.2 Å². The lowest BCUT2D eigenvalue weighted by Gasteiger charge is -2.29. The summed E-state index contributed by atoms with van der Waals surface area (Å²) in [5, 5.41) is 0. The highest BCUT2D eigenvalue weighted by atomic mass is 32.2. The number of piperidine rings is 1. The van der Waals surface area contributed by atoms with Crippen LogP contribution in [0.3, 0.4) is 0 Å². The van der Waals surface area contributed by atoms with Crippen molar-refractivity contribution in [1.82, 2.24) is 4.31 Å². The molecule has 1 aliphatic heterocycles. The van der Waals surface area contributed by atoms with E-state index < -0.39 is 10.0 Å². The Kier molecular flexibility index (Phi) is 4.78. The molecule has 0 amide bonds. The molecular weight excluding hydrogens is 292 g/mol. The first kappa shape index (κ1) is 15.4. The van der Waals surface area contributed by atoms with Crippen molar-refractivity contribution in [2.75, 3.05) is 13.1 Å². The van der Waals surface area contributed by atoms with Gasteiger partial charge in [0.05, 0.1) is 9.88 Å². The van der Waals surface area contributed by atoms with Gasteiger partial charge in [-0.1, -0.05) is 31.3 Å². The van der Waals surface area contributed by atoms with Crippen LogP contribution in [0.25, 0.3) is 0 Å². The first-order valence-electron chi connectivity index (χ1n) is 6.77. The van der Waals surface area contributed by atoms with E-state index in [9.17, 15) is 8.42 Å². The van der Waals surface area contributed by atoms with Gasteiger partial charge in [0.15, 0.2) is 0 Å². The predicted molar refractivity (Wildman–Crippen MR) is 84.1 cm³/mol. The summed E-state index contributed by atoms with van der Waals surface area (Å²) in [6.45, 7) is 3.38. The van der Waals surface area contributed by atoms with E-state index in [1.807, 2.05) is 0 Å². The smallest absolute Gasteiger partial charge is 0.243 e. The van der Waals surface area contributed by atoms with E-state index in [2.05, 4.69) is 6.92 Å². The summed E-state index contributed by atoms with van der Waals surface area (Å²) >= 11 is 4.85. The second-order valence-electron chi connectivity index (χ2n) is 5.37. The number of nitrogens with two attached hydrogens (primary N) is 1. The number of hydrogen-bond donors (Lipinski definition) is 1. The molecule has 0 atom stereocenters. The van der Waals surface area contributed by atoms with Crippen molar-refractivity contribution in [1.29, 1.82) is 0 Å². The van der Waals surface area contributed by atoms with Gasteiger partial charge in [-0.15, -0.1) is 0 Å². The highest BCUT2D eigenvalue weighted by Gasteiger charge is 2.27. The molecule has 1 saturated heterocycles. The molecule has 1 aliphatic rings. The minimum Gasteiger partial charge on any atom is -0.393 e. The summed E-state index contributed by atoms with van der Waals surface area (Å²) in [4.78, 5) is 0.754. The van der Waals surface area contributed by atoms with Gasteiger partial charge in [0.2, 0.25) is 10.0 Å². The molecule has 1 aromatic carbocycles. The van der Waals surface area contributed by atoms with Gasteiger partial charge in [-0.3, -0.25) is 0 Å². The first-order valence-corrected chi connectivity index (χ1v) is 8.62. The van der Waals surface area contributed by atoms with Gasteiger partial charge in [0.1, 0.15) is 0 Å². The number of rotatable bonds is 4. The maximum Gasteiger partial charge on any atom is 0.243 e. The van der Waals surface area contributed by atoms with E-state index in [-0.39, 0.29) is 0 Å². The molecule has 20 heavy (non-hydrogen) atoms. The fourth-order valence-electron chi connectivity index (χ4n) is 2.35. The van der Waals surface area contributed by atoms with E-state index >= 15 is 0 Å². The van der Waals surface area contributed by atoms with Gasteiger partial charge in [-0.2, -0.15) is 4.31 Å². The third-order valence-corrected chi connectivity index (χ3v) is 5.74. The third-order valence-electron chi connectivity index (χ3n) is 3.68. The quantitative estimate of drug-likeness (QED) is 0.863. The van der Waals surface area contributed by atoms with Crippen molar-refractivity contribution in [2.45, 2.75) is 31.1 Å². The summed E-state index contributed by atoms with van der Waals surface area (Å²) < 4.78 is 26.6. The van der Waals surface area contributed by atoms with Crippen LogP contribution in [0.2, 0.25) is 0 Å². The van der Waals surface area contributed by atoms with Crippen LogP contribution >= 0.6 is 12.2 Å². The van der Waals surface area contributed by atoms with Gasteiger partial charge >= 0.3 is 0 Å². The molecule has 110 valence electrons. The van der Waals surface area contributed by atoms with E-state index in [1.54, 1.807) is 28.6 Å². The lowest BCUT2D eigenvalue weighted by molar-refractivity contribution is 0.288. The predicted octanol–water partition coefficient (Wildman–Crippen LogP) is 1.94. The number of nitrogens with zero attached hydrogens (tertiary/aromatic N) is 1. The standard InChI is InChI=1S/C14H20N2O2S2/c1-11-6-8-16(9-7-11)20(17,18)13-4-2-12(3-5-13)10-14(15)19/h2-5,11H,6-10H2,1H3,(H2,15,19). The zero-order valence-electron chi connectivity index (χ0n) is 11.6. The average Bonchev–Trinajstić information content (AvgIpc) is 2.39. The summed E-state index contributed by atoms with van der Waals surface area (Å²) in [7, 11) is -3.36. The van der Waals surface area contributed by atoms with Gasteiger partial charge < -0.3 is 5.73 Å². The zero-order chi connectivity index (χ0) is 14.8. The van der Waals surface area contributed by atoms with Crippen molar-refractivity contribution >= 4 is 27.2 Å². The molecule has 1 heterocycles.